The number of fused-ring (bicyclic) bond motifs is 3. The molecule has 2 aromatic rings. The highest BCUT2D eigenvalue weighted by Gasteiger charge is 2.20. The third-order valence-corrected chi connectivity index (χ3v) is 4.71. The van der Waals surface area contributed by atoms with Crippen LogP contribution in [0.1, 0.15) is 36.1 Å². The molecule has 1 N–H and O–H groups in total. The number of aryl methyl sites for hydroxylation is 2. The molecule has 0 aromatic carbocycles. The van der Waals surface area contributed by atoms with Gasteiger partial charge in [-0.3, -0.25) is 0 Å². The third-order valence-electron chi connectivity index (χ3n) is 3.51. The number of aromatic nitrogens is 2. The molecule has 1 aliphatic carbocycles. The van der Waals surface area contributed by atoms with Crippen molar-refractivity contribution in [3.05, 3.63) is 16.8 Å². The molecular weight excluding hydrogens is 256 g/mol. The molecule has 0 fully saturated rings. The number of unbranched alkanes of at least 4 members (excludes halogenated alkanes) is 2. The monoisotopic (exact) mass is 272 g/mol. The van der Waals surface area contributed by atoms with Crippen LogP contribution in [-0.4, -0.2) is 16.5 Å². The van der Waals surface area contributed by atoms with Crippen LogP contribution in [0.5, 0.6) is 0 Å². The fraction of sp³-hybridized carbons (Fsp3) is 0.500. The lowest BCUT2D eigenvalue weighted by Gasteiger charge is -2.06. The van der Waals surface area contributed by atoms with Crippen LogP contribution >= 0.6 is 11.3 Å². The van der Waals surface area contributed by atoms with Gasteiger partial charge in [0.2, 0.25) is 0 Å². The van der Waals surface area contributed by atoms with E-state index in [9.17, 15) is 0 Å². The molecule has 0 radical (unpaired) electrons. The van der Waals surface area contributed by atoms with Crippen LogP contribution in [-0.2, 0) is 12.8 Å². The number of hydrogen-bond donors (Lipinski definition) is 1. The first-order chi connectivity index (χ1) is 9.40. The summed E-state index contributed by atoms with van der Waals surface area (Å²) in [5.41, 5.74) is 1.46. The average molecular weight is 272 g/mol. The molecule has 0 atom stereocenters. The number of nitrogens with one attached hydrogen (secondary N) is 1. The molecule has 0 amide bonds. The van der Waals surface area contributed by atoms with Crippen molar-refractivity contribution in [1.29, 1.82) is 5.26 Å². The Kier molecular flexibility index (Phi) is 3.60. The van der Waals surface area contributed by atoms with Crippen molar-refractivity contribution < 1.29 is 0 Å². The second-order valence-electron chi connectivity index (χ2n) is 4.80. The molecule has 19 heavy (non-hydrogen) atoms. The second-order valence-corrected chi connectivity index (χ2v) is 5.89. The first kappa shape index (κ1) is 12.4. The minimum Gasteiger partial charge on any atom is -0.369 e. The van der Waals surface area contributed by atoms with E-state index in [4.69, 9.17) is 5.26 Å². The summed E-state index contributed by atoms with van der Waals surface area (Å²) in [4.78, 5) is 11.4. The number of hydrogen-bond acceptors (Lipinski definition) is 5. The summed E-state index contributed by atoms with van der Waals surface area (Å²) < 4.78 is 0. The minimum atomic E-state index is 0.634. The highest BCUT2D eigenvalue weighted by Crippen LogP contribution is 2.38. The molecule has 0 unspecified atom stereocenters. The van der Waals surface area contributed by atoms with Gasteiger partial charge in [0.1, 0.15) is 17.0 Å². The van der Waals surface area contributed by atoms with E-state index in [1.165, 1.54) is 28.7 Å². The Bertz CT molecular complexity index is 626. The molecule has 3 rings (SSSR count). The molecule has 0 bridgehead atoms. The fourth-order valence-corrected chi connectivity index (χ4v) is 3.83. The van der Waals surface area contributed by atoms with Gasteiger partial charge in [0, 0.05) is 17.8 Å². The van der Waals surface area contributed by atoms with Crippen LogP contribution in [0.4, 0.5) is 5.82 Å². The van der Waals surface area contributed by atoms with Crippen LogP contribution in [0.25, 0.3) is 10.2 Å². The quantitative estimate of drug-likeness (QED) is 0.848. The summed E-state index contributed by atoms with van der Waals surface area (Å²) in [6.07, 6.45) is 7.84. The van der Waals surface area contributed by atoms with Crippen molar-refractivity contribution >= 4 is 27.4 Å². The topological polar surface area (TPSA) is 61.6 Å². The second kappa shape index (κ2) is 5.54. The van der Waals surface area contributed by atoms with Gasteiger partial charge in [0.05, 0.1) is 11.5 Å². The van der Waals surface area contributed by atoms with E-state index in [0.29, 0.717) is 6.42 Å². The van der Waals surface area contributed by atoms with Gasteiger partial charge in [0.25, 0.3) is 0 Å². The van der Waals surface area contributed by atoms with E-state index in [-0.39, 0.29) is 0 Å². The van der Waals surface area contributed by atoms with Crippen molar-refractivity contribution in [2.75, 3.05) is 11.9 Å². The van der Waals surface area contributed by atoms with Gasteiger partial charge in [-0.05, 0) is 37.7 Å². The largest absolute Gasteiger partial charge is 0.369 e. The van der Waals surface area contributed by atoms with Crippen LogP contribution in [0.15, 0.2) is 6.33 Å². The maximum Gasteiger partial charge on any atom is 0.138 e. The van der Waals surface area contributed by atoms with Gasteiger partial charge >= 0.3 is 0 Å². The molecule has 98 valence electrons. The number of nitriles is 1. The molecule has 5 heteroatoms. The average Bonchev–Trinajstić information content (AvgIpc) is 2.98. The van der Waals surface area contributed by atoms with Gasteiger partial charge in [-0.1, -0.05) is 0 Å². The maximum absolute atomic E-state index is 8.51. The molecule has 0 aliphatic heterocycles. The zero-order chi connectivity index (χ0) is 13.1. The Labute approximate surface area is 116 Å². The normalized spacial score (nSPS) is 13.4. The van der Waals surface area contributed by atoms with E-state index >= 15 is 0 Å². The predicted molar refractivity (Wildman–Crippen MR) is 77.4 cm³/mol. The predicted octanol–water partition coefficient (Wildman–Crippen LogP) is 3.29. The Morgan fingerprint density at radius 3 is 3.16 bits per heavy atom. The van der Waals surface area contributed by atoms with Crippen molar-refractivity contribution in [3.63, 3.8) is 0 Å². The Morgan fingerprint density at radius 2 is 2.26 bits per heavy atom. The standard InChI is InChI=1S/C14H16N4S/c15-7-2-1-3-8-16-13-12-10-5-4-6-11(10)19-14(12)18-9-17-13/h9H,1-6,8H2,(H,16,17,18). The summed E-state index contributed by atoms with van der Waals surface area (Å²) in [7, 11) is 0. The molecule has 2 heterocycles. The van der Waals surface area contributed by atoms with Crippen molar-refractivity contribution in [2.45, 2.75) is 38.5 Å². The zero-order valence-corrected chi connectivity index (χ0v) is 11.6. The first-order valence-electron chi connectivity index (χ1n) is 6.76. The minimum absolute atomic E-state index is 0.634. The van der Waals surface area contributed by atoms with Crippen molar-refractivity contribution in [3.8, 4) is 6.07 Å². The van der Waals surface area contributed by atoms with Gasteiger partial charge in [-0.15, -0.1) is 11.3 Å². The highest BCUT2D eigenvalue weighted by atomic mass is 32.1. The van der Waals surface area contributed by atoms with Crippen molar-refractivity contribution in [2.24, 2.45) is 0 Å². The van der Waals surface area contributed by atoms with Gasteiger partial charge in [0.15, 0.2) is 0 Å². The molecule has 0 spiro atoms. The van der Waals surface area contributed by atoms with Gasteiger partial charge in [-0.2, -0.15) is 5.26 Å². The maximum atomic E-state index is 8.51. The Morgan fingerprint density at radius 1 is 1.32 bits per heavy atom. The molecular formula is C14H16N4S. The SMILES string of the molecule is N#CCCCCNc1ncnc2sc3c(c12)CCC3. The lowest BCUT2D eigenvalue weighted by Crippen LogP contribution is -2.04. The zero-order valence-electron chi connectivity index (χ0n) is 10.8. The summed E-state index contributed by atoms with van der Waals surface area (Å²) >= 11 is 1.81. The first-order valence-corrected chi connectivity index (χ1v) is 7.58. The fourth-order valence-electron chi connectivity index (χ4n) is 2.60. The van der Waals surface area contributed by atoms with Crippen LogP contribution in [0, 0.1) is 11.3 Å². The van der Waals surface area contributed by atoms with Gasteiger partial charge in [-0.25, -0.2) is 9.97 Å². The van der Waals surface area contributed by atoms with Crippen molar-refractivity contribution in [1.82, 2.24) is 9.97 Å². The van der Waals surface area contributed by atoms with E-state index < -0.39 is 0 Å². The number of nitrogens with zero attached hydrogens (tertiary/aromatic N) is 3. The molecule has 0 saturated carbocycles. The summed E-state index contributed by atoms with van der Waals surface area (Å²) in [6, 6.07) is 2.17. The highest BCUT2D eigenvalue weighted by molar-refractivity contribution is 7.19. The van der Waals surface area contributed by atoms with Gasteiger partial charge < -0.3 is 5.32 Å². The lowest BCUT2D eigenvalue weighted by atomic mass is 10.2. The summed E-state index contributed by atoms with van der Waals surface area (Å²) in [6.45, 7) is 0.873. The summed E-state index contributed by atoms with van der Waals surface area (Å²) in [5.74, 6) is 0.973. The van der Waals surface area contributed by atoms with E-state index in [0.717, 1.165) is 36.5 Å². The Hall–Kier alpha value is -1.67. The van der Waals surface area contributed by atoms with E-state index in [1.807, 2.05) is 11.3 Å². The molecule has 4 nitrogen and oxygen atoms in total. The van der Waals surface area contributed by atoms with Crippen LogP contribution in [0.3, 0.4) is 0 Å². The number of thiophene rings is 1. The smallest absolute Gasteiger partial charge is 0.138 e. The molecule has 2 aromatic heterocycles. The summed E-state index contributed by atoms with van der Waals surface area (Å²) in [5, 5.41) is 13.2. The van der Waals surface area contributed by atoms with Crippen LogP contribution in [0.2, 0.25) is 0 Å². The Balaban J connectivity index is 1.78. The van der Waals surface area contributed by atoms with E-state index in [2.05, 4.69) is 21.4 Å². The number of rotatable bonds is 5. The number of anilines is 1. The van der Waals surface area contributed by atoms with Crippen LogP contribution < -0.4 is 5.32 Å². The van der Waals surface area contributed by atoms with E-state index in [1.54, 1.807) is 6.33 Å². The molecule has 0 saturated heterocycles. The lowest BCUT2D eigenvalue weighted by molar-refractivity contribution is 0.783. The third kappa shape index (κ3) is 2.41. The molecule has 1 aliphatic rings.